The van der Waals surface area contributed by atoms with Crippen LogP contribution in [-0.2, 0) is 14.9 Å². The predicted octanol–water partition coefficient (Wildman–Crippen LogP) is 3.47. The van der Waals surface area contributed by atoms with Crippen molar-refractivity contribution in [1.82, 2.24) is 4.98 Å². The topological polar surface area (TPSA) is 65.5 Å². The number of fused-ring (bicyclic) bond motifs is 1. The molecule has 0 fully saturated rings. The fourth-order valence-electron chi connectivity index (χ4n) is 1.75. The molecule has 0 radical (unpaired) electrons. The van der Waals surface area contributed by atoms with Gasteiger partial charge in [0, 0.05) is 11.6 Å². The second-order valence-electron chi connectivity index (χ2n) is 4.32. The summed E-state index contributed by atoms with van der Waals surface area (Å²) in [6.07, 6.45) is 4.48. The van der Waals surface area contributed by atoms with Gasteiger partial charge < -0.3 is 8.92 Å². The lowest BCUT2D eigenvalue weighted by Crippen LogP contribution is -2.28. The van der Waals surface area contributed by atoms with E-state index in [0.717, 1.165) is 6.07 Å². The van der Waals surface area contributed by atoms with Gasteiger partial charge in [-0.1, -0.05) is 0 Å². The fraction of sp³-hybridized carbons (Fsp3) is 0.214. The summed E-state index contributed by atoms with van der Waals surface area (Å²) < 4.78 is 68.2. The van der Waals surface area contributed by atoms with Gasteiger partial charge in [-0.15, -0.1) is 0 Å². The summed E-state index contributed by atoms with van der Waals surface area (Å²) in [4.78, 5) is 4.12. The molecule has 1 aromatic heterocycles. The van der Waals surface area contributed by atoms with Gasteiger partial charge in [0.25, 0.3) is 0 Å². The number of halogens is 3. The van der Waals surface area contributed by atoms with Crippen molar-refractivity contribution in [3.8, 4) is 5.75 Å². The van der Waals surface area contributed by atoms with Gasteiger partial charge >= 0.3 is 15.6 Å². The molecule has 0 atom stereocenters. The van der Waals surface area contributed by atoms with Gasteiger partial charge in [-0.3, -0.25) is 4.98 Å². The van der Waals surface area contributed by atoms with Gasteiger partial charge in [0.1, 0.15) is 5.75 Å². The standard InChI is InChI=1S/C14H12F3NO4S/c1-2-21-8-6-13-12-4-3-11(9-10(12)5-7-18-13)22-23(19,20)14(15,16)17/h3-9H,2H2,1H3/b8-6+. The van der Waals surface area contributed by atoms with Crippen molar-refractivity contribution in [3.63, 3.8) is 0 Å². The number of hydrogen-bond acceptors (Lipinski definition) is 5. The van der Waals surface area contributed by atoms with Crippen molar-refractivity contribution in [1.29, 1.82) is 0 Å². The van der Waals surface area contributed by atoms with E-state index in [1.165, 1.54) is 30.7 Å². The molecule has 0 N–H and O–H groups in total. The Bertz CT molecular complexity index is 832. The van der Waals surface area contributed by atoms with Crippen LogP contribution in [-0.4, -0.2) is 25.5 Å². The third-order valence-corrected chi connectivity index (χ3v) is 3.72. The molecule has 0 aliphatic carbocycles. The first kappa shape index (κ1) is 17.1. The number of aromatic nitrogens is 1. The summed E-state index contributed by atoms with van der Waals surface area (Å²) >= 11 is 0. The zero-order valence-electron chi connectivity index (χ0n) is 11.9. The molecule has 0 unspecified atom stereocenters. The molecule has 2 aromatic rings. The quantitative estimate of drug-likeness (QED) is 0.471. The number of rotatable bonds is 5. The van der Waals surface area contributed by atoms with Crippen LogP contribution in [0, 0.1) is 0 Å². The van der Waals surface area contributed by atoms with Crippen LogP contribution in [0.25, 0.3) is 16.8 Å². The maximum Gasteiger partial charge on any atom is 0.534 e. The predicted molar refractivity (Wildman–Crippen MR) is 78.0 cm³/mol. The molecule has 23 heavy (non-hydrogen) atoms. The molecule has 0 saturated carbocycles. The van der Waals surface area contributed by atoms with E-state index >= 15 is 0 Å². The molecule has 0 bridgehead atoms. The number of pyridine rings is 1. The summed E-state index contributed by atoms with van der Waals surface area (Å²) in [6.45, 7) is 2.29. The first-order chi connectivity index (χ1) is 10.7. The highest BCUT2D eigenvalue weighted by atomic mass is 32.2. The SMILES string of the molecule is CCO/C=C/c1nccc2cc(OS(=O)(=O)C(F)(F)F)ccc12. The van der Waals surface area contributed by atoms with Crippen molar-refractivity contribution in [2.45, 2.75) is 12.4 Å². The lowest BCUT2D eigenvalue weighted by Gasteiger charge is -2.10. The Kier molecular flexibility index (Phi) is 4.79. The Morgan fingerprint density at radius 1 is 1.26 bits per heavy atom. The first-order valence-corrected chi connectivity index (χ1v) is 7.83. The minimum Gasteiger partial charge on any atom is -0.501 e. The molecule has 1 heterocycles. The number of nitrogens with zero attached hydrogens (tertiary/aromatic N) is 1. The molecule has 5 nitrogen and oxygen atoms in total. The first-order valence-electron chi connectivity index (χ1n) is 6.42. The van der Waals surface area contributed by atoms with Crippen molar-refractivity contribution in [2.24, 2.45) is 0 Å². The minimum absolute atomic E-state index is 0.430. The average molecular weight is 347 g/mol. The minimum atomic E-state index is -5.70. The van der Waals surface area contributed by atoms with Crippen LogP contribution in [0.5, 0.6) is 5.75 Å². The lowest BCUT2D eigenvalue weighted by atomic mass is 10.1. The number of alkyl halides is 3. The van der Waals surface area contributed by atoms with E-state index in [0.29, 0.717) is 23.1 Å². The summed E-state index contributed by atoms with van der Waals surface area (Å²) in [5.74, 6) is -0.430. The summed E-state index contributed by atoms with van der Waals surface area (Å²) in [5.41, 5.74) is -4.95. The molecular weight excluding hydrogens is 335 g/mol. The molecule has 2 rings (SSSR count). The normalized spacial score (nSPS) is 12.7. The van der Waals surface area contributed by atoms with E-state index in [1.54, 1.807) is 6.08 Å². The van der Waals surface area contributed by atoms with E-state index < -0.39 is 21.4 Å². The smallest absolute Gasteiger partial charge is 0.501 e. The Balaban J connectivity index is 2.37. The van der Waals surface area contributed by atoms with Crippen molar-refractivity contribution in [2.75, 3.05) is 6.61 Å². The summed E-state index contributed by atoms with van der Waals surface area (Å²) in [7, 11) is -5.70. The highest BCUT2D eigenvalue weighted by Crippen LogP contribution is 2.29. The van der Waals surface area contributed by atoms with Crippen LogP contribution >= 0.6 is 0 Å². The van der Waals surface area contributed by atoms with E-state index in [1.807, 2.05) is 6.92 Å². The zero-order chi connectivity index (χ0) is 17.1. The summed E-state index contributed by atoms with van der Waals surface area (Å²) in [6, 6.07) is 5.28. The third kappa shape index (κ3) is 3.92. The van der Waals surface area contributed by atoms with E-state index in [4.69, 9.17) is 4.74 Å². The highest BCUT2D eigenvalue weighted by molar-refractivity contribution is 7.88. The van der Waals surface area contributed by atoms with Crippen LogP contribution in [0.1, 0.15) is 12.6 Å². The molecule has 0 aliphatic rings. The van der Waals surface area contributed by atoms with Gasteiger partial charge in [-0.25, -0.2) is 0 Å². The third-order valence-electron chi connectivity index (χ3n) is 2.74. The van der Waals surface area contributed by atoms with Gasteiger partial charge in [-0.05, 0) is 42.7 Å². The van der Waals surface area contributed by atoms with Crippen LogP contribution in [0.4, 0.5) is 13.2 Å². The van der Waals surface area contributed by atoms with E-state index in [9.17, 15) is 21.6 Å². The fourth-order valence-corrected chi connectivity index (χ4v) is 2.20. The van der Waals surface area contributed by atoms with Gasteiger partial charge in [-0.2, -0.15) is 21.6 Å². The van der Waals surface area contributed by atoms with E-state index in [-0.39, 0.29) is 0 Å². The molecule has 0 aliphatic heterocycles. The van der Waals surface area contributed by atoms with Crippen LogP contribution < -0.4 is 4.18 Å². The van der Waals surface area contributed by atoms with Crippen molar-refractivity contribution in [3.05, 3.63) is 42.4 Å². The second kappa shape index (κ2) is 6.45. The van der Waals surface area contributed by atoms with Crippen molar-refractivity contribution >= 4 is 27.0 Å². The molecule has 124 valence electrons. The van der Waals surface area contributed by atoms with Crippen LogP contribution in [0.15, 0.2) is 36.7 Å². The Labute approximate surface area is 130 Å². The molecule has 9 heteroatoms. The Morgan fingerprint density at radius 3 is 2.65 bits per heavy atom. The lowest BCUT2D eigenvalue weighted by molar-refractivity contribution is -0.0500. The largest absolute Gasteiger partial charge is 0.534 e. The molecule has 0 amide bonds. The average Bonchev–Trinajstić information content (AvgIpc) is 2.46. The number of benzene rings is 1. The number of hydrogen-bond donors (Lipinski definition) is 0. The maximum atomic E-state index is 12.3. The van der Waals surface area contributed by atoms with Crippen molar-refractivity contribution < 1.29 is 30.5 Å². The van der Waals surface area contributed by atoms with E-state index in [2.05, 4.69) is 9.17 Å². The highest BCUT2D eigenvalue weighted by Gasteiger charge is 2.48. The van der Waals surface area contributed by atoms with Gasteiger partial charge in [0.2, 0.25) is 0 Å². The molecular formula is C14H12F3NO4S. The molecule has 0 spiro atoms. The van der Waals surface area contributed by atoms with Gasteiger partial charge in [0.15, 0.2) is 0 Å². The molecule has 1 aromatic carbocycles. The van der Waals surface area contributed by atoms with Crippen LogP contribution in [0.2, 0.25) is 0 Å². The zero-order valence-corrected chi connectivity index (χ0v) is 12.7. The maximum absolute atomic E-state index is 12.3. The van der Waals surface area contributed by atoms with Crippen LogP contribution in [0.3, 0.4) is 0 Å². The Morgan fingerprint density at radius 2 is 2.00 bits per heavy atom. The number of ether oxygens (including phenoxy) is 1. The van der Waals surface area contributed by atoms with Gasteiger partial charge in [0.05, 0.1) is 18.6 Å². The summed E-state index contributed by atoms with van der Waals surface area (Å²) in [5, 5.41) is 1.09. The second-order valence-corrected chi connectivity index (χ2v) is 5.86. The molecule has 0 saturated heterocycles. The monoisotopic (exact) mass is 347 g/mol. The Hall–Kier alpha value is -2.29.